The van der Waals surface area contributed by atoms with Gasteiger partial charge in [0, 0.05) is 27.5 Å². The largest absolute Gasteiger partial charge is 0.456 e. The van der Waals surface area contributed by atoms with Crippen molar-refractivity contribution >= 4 is 43.5 Å². The van der Waals surface area contributed by atoms with Gasteiger partial charge >= 0.3 is 0 Å². The van der Waals surface area contributed by atoms with Crippen LogP contribution in [-0.4, -0.2) is 15.0 Å². The zero-order valence-corrected chi connectivity index (χ0v) is 24.0. The minimum absolute atomic E-state index is 0.617. The molecule has 1 aliphatic carbocycles. The van der Waals surface area contributed by atoms with E-state index in [-0.39, 0.29) is 0 Å². The van der Waals surface area contributed by atoms with Crippen molar-refractivity contribution < 1.29 is 4.42 Å². The number of para-hydroxylation sites is 1. The highest BCUT2D eigenvalue weighted by molar-refractivity contribution is 6.16. The van der Waals surface area contributed by atoms with Crippen LogP contribution in [0.3, 0.4) is 0 Å². The molecule has 10 rings (SSSR count). The van der Waals surface area contributed by atoms with Crippen LogP contribution in [-0.2, 0) is 0 Å². The summed E-state index contributed by atoms with van der Waals surface area (Å²) in [5.41, 5.74) is 9.44. The lowest BCUT2D eigenvalue weighted by molar-refractivity contribution is 0.669. The number of nitrogens with zero attached hydrogens (tertiary/aromatic N) is 3. The van der Waals surface area contributed by atoms with Crippen LogP contribution in [0.5, 0.6) is 0 Å². The monoisotopic (exact) mass is 573 g/mol. The molecule has 0 bridgehead atoms. The van der Waals surface area contributed by atoms with Crippen molar-refractivity contribution in [2.24, 2.45) is 0 Å². The van der Waals surface area contributed by atoms with Crippen LogP contribution in [0.4, 0.5) is 0 Å². The van der Waals surface area contributed by atoms with Crippen LogP contribution in [0.1, 0.15) is 0 Å². The lowest BCUT2D eigenvalue weighted by Gasteiger charge is -2.11. The lowest BCUT2D eigenvalue weighted by atomic mass is 10.0. The summed E-state index contributed by atoms with van der Waals surface area (Å²) < 4.78 is 6.23. The van der Waals surface area contributed by atoms with E-state index in [1.807, 2.05) is 30.3 Å². The van der Waals surface area contributed by atoms with Gasteiger partial charge in [-0.1, -0.05) is 115 Å². The second-order valence-corrected chi connectivity index (χ2v) is 11.6. The van der Waals surface area contributed by atoms with Crippen LogP contribution in [0.2, 0.25) is 0 Å². The van der Waals surface area contributed by atoms with Gasteiger partial charge in [0.1, 0.15) is 11.2 Å². The highest BCUT2D eigenvalue weighted by atomic mass is 16.3. The molecule has 0 spiro atoms. The molecule has 45 heavy (non-hydrogen) atoms. The molecule has 9 aromatic rings. The molecular formula is C41H23N3O. The first kappa shape index (κ1) is 24.3. The van der Waals surface area contributed by atoms with Crippen LogP contribution >= 0.6 is 0 Å². The topological polar surface area (TPSA) is 51.8 Å². The molecule has 1 aliphatic rings. The summed E-state index contributed by atoms with van der Waals surface area (Å²) >= 11 is 0. The summed E-state index contributed by atoms with van der Waals surface area (Å²) in [6.07, 6.45) is 0. The Hall–Kier alpha value is -6.13. The van der Waals surface area contributed by atoms with Gasteiger partial charge in [0.15, 0.2) is 17.5 Å². The van der Waals surface area contributed by atoms with Crippen molar-refractivity contribution in [1.29, 1.82) is 0 Å². The van der Waals surface area contributed by atoms with Gasteiger partial charge in [-0.3, -0.25) is 0 Å². The van der Waals surface area contributed by atoms with Gasteiger partial charge in [-0.15, -0.1) is 0 Å². The van der Waals surface area contributed by atoms with E-state index >= 15 is 0 Å². The third-order valence-electron chi connectivity index (χ3n) is 9.05. The number of fused-ring (bicyclic) bond motifs is 7. The molecule has 2 aromatic heterocycles. The normalized spacial score (nSPS) is 12.0. The van der Waals surface area contributed by atoms with Gasteiger partial charge in [-0.2, -0.15) is 0 Å². The first-order valence-corrected chi connectivity index (χ1v) is 15.1. The summed E-state index contributed by atoms with van der Waals surface area (Å²) in [5.74, 6) is 1.89. The average Bonchev–Trinajstić information content (AvgIpc) is 3.65. The Morgan fingerprint density at radius 1 is 0.356 bits per heavy atom. The average molecular weight is 574 g/mol. The van der Waals surface area contributed by atoms with E-state index in [2.05, 4.69) is 109 Å². The maximum absolute atomic E-state index is 6.23. The van der Waals surface area contributed by atoms with Gasteiger partial charge in [0.25, 0.3) is 0 Å². The molecule has 0 atom stereocenters. The Kier molecular flexibility index (Phi) is 4.96. The molecule has 0 unspecified atom stereocenters. The standard InChI is InChI=1S/C41H23N3O/c1-2-9-26-22-27(19-18-24(26)8-1)39-42-40(28-20-21-29-30-13-5-10-25-11-6-14-31(37(25)30)34(29)23-28)44-41(43-39)33-15-7-17-36-38(33)32-12-3-4-16-35(32)45-36/h1-23H. The smallest absolute Gasteiger partial charge is 0.164 e. The minimum atomic E-state index is 0.617. The summed E-state index contributed by atoms with van der Waals surface area (Å²) in [4.78, 5) is 15.4. The van der Waals surface area contributed by atoms with Crippen LogP contribution < -0.4 is 0 Å². The van der Waals surface area contributed by atoms with Gasteiger partial charge in [0.05, 0.1) is 0 Å². The van der Waals surface area contributed by atoms with E-state index in [4.69, 9.17) is 19.4 Å². The maximum Gasteiger partial charge on any atom is 0.164 e. The molecule has 0 radical (unpaired) electrons. The summed E-state index contributed by atoms with van der Waals surface area (Å²) in [6, 6.07) is 48.6. The van der Waals surface area contributed by atoms with E-state index < -0.39 is 0 Å². The third-order valence-corrected chi connectivity index (χ3v) is 9.05. The van der Waals surface area contributed by atoms with Crippen molar-refractivity contribution in [3.05, 3.63) is 140 Å². The molecule has 0 saturated heterocycles. The number of hydrogen-bond donors (Lipinski definition) is 0. The Labute approximate surface area is 258 Å². The Morgan fingerprint density at radius 2 is 0.978 bits per heavy atom. The molecule has 0 amide bonds. The van der Waals surface area contributed by atoms with Gasteiger partial charge in [-0.05, 0) is 68.1 Å². The van der Waals surface area contributed by atoms with Crippen molar-refractivity contribution in [2.75, 3.05) is 0 Å². The van der Waals surface area contributed by atoms with E-state index in [9.17, 15) is 0 Å². The van der Waals surface area contributed by atoms with Crippen molar-refractivity contribution in [1.82, 2.24) is 15.0 Å². The lowest BCUT2D eigenvalue weighted by Crippen LogP contribution is -2.00. The van der Waals surface area contributed by atoms with E-state index in [0.29, 0.717) is 17.5 Å². The fourth-order valence-corrected chi connectivity index (χ4v) is 6.97. The molecule has 208 valence electrons. The van der Waals surface area contributed by atoms with E-state index in [1.54, 1.807) is 0 Å². The second kappa shape index (κ2) is 9.18. The molecule has 7 aromatic carbocycles. The van der Waals surface area contributed by atoms with Crippen molar-refractivity contribution in [3.63, 3.8) is 0 Å². The van der Waals surface area contributed by atoms with Gasteiger partial charge in [0.2, 0.25) is 0 Å². The summed E-state index contributed by atoms with van der Waals surface area (Å²) in [7, 11) is 0. The molecule has 2 heterocycles. The molecular weight excluding hydrogens is 550 g/mol. The van der Waals surface area contributed by atoms with Crippen LogP contribution in [0.15, 0.2) is 144 Å². The predicted molar refractivity (Wildman–Crippen MR) is 183 cm³/mol. The molecule has 4 heteroatoms. The first-order valence-electron chi connectivity index (χ1n) is 15.1. The molecule has 0 saturated carbocycles. The fraction of sp³-hybridized carbons (Fsp3) is 0. The van der Waals surface area contributed by atoms with Gasteiger partial charge in [-0.25, -0.2) is 15.0 Å². The fourth-order valence-electron chi connectivity index (χ4n) is 6.97. The third kappa shape index (κ3) is 3.63. The van der Waals surface area contributed by atoms with Gasteiger partial charge < -0.3 is 4.42 Å². The van der Waals surface area contributed by atoms with Crippen molar-refractivity contribution in [2.45, 2.75) is 0 Å². The number of aromatic nitrogens is 3. The summed E-state index contributed by atoms with van der Waals surface area (Å²) in [5, 5.41) is 6.93. The SMILES string of the molecule is c1ccc2cc(-c3nc(-c4ccc5c(c4)-c4cccc6cccc-5c46)nc(-c4cccc5oc6ccccc6c45)n3)ccc2c1. The highest BCUT2D eigenvalue weighted by Gasteiger charge is 2.23. The van der Waals surface area contributed by atoms with E-state index in [0.717, 1.165) is 44.0 Å². The number of furan rings is 1. The Morgan fingerprint density at radius 3 is 1.84 bits per heavy atom. The zero-order valence-electron chi connectivity index (χ0n) is 24.0. The number of rotatable bonds is 3. The van der Waals surface area contributed by atoms with Crippen LogP contribution in [0.25, 0.3) is 99.9 Å². The molecule has 4 nitrogen and oxygen atoms in total. The maximum atomic E-state index is 6.23. The van der Waals surface area contributed by atoms with Crippen LogP contribution in [0, 0.1) is 0 Å². The Balaban J connectivity index is 1.22. The number of hydrogen-bond acceptors (Lipinski definition) is 4. The molecule has 0 N–H and O–H groups in total. The van der Waals surface area contributed by atoms with Crippen molar-refractivity contribution in [3.8, 4) is 56.4 Å². The minimum Gasteiger partial charge on any atom is -0.456 e. The summed E-state index contributed by atoms with van der Waals surface area (Å²) in [6.45, 7) is 0. The molecule has 0 fully saturated rings. The second-order valence-electron chi connectivity index (χ2n) is 11.6. The molecule has 0 aliphatic heterocycles. The highest BCUT2D eigenvalue weighted by Crippen LogP contribution is 2.48. The Bertz CT molecular complexity index is 2660. The first-order chi connectivity index (χ1) is 22.3. The predicted octanol–water partition coefficient (Wildman–Crippen LogP) is 10.7. The number of benzene rings is 7. The van der Waals surface area contributed by atoms with E-state index in [1.165, 1.54) is 38.4 Å². The quantitative estimate of drug-likeness (QED) is 0.211. The zero-order chi connectivity index (χ0) is 29.5.